The van der Waals surface area contributed by atoms with Crippen LogP contribution in [0.5, 0.6) is 11.5 Å². The van der Waals surface area contributed by atoms with Gasteiger partial charge in [-0.1, -0.05) is 0 Å². The van der Waals surface area contributed by atoms with Crippen molar-refractivity contribution in [1.29, 1.82) is 0 Å². The summed E-state index contributed by atoms with van der Waals surface area (Å²) in [6.07, 6.45) is 0. The highest BCUT2D eigenvalue weighted by Crippen LogP contribution is 2.29. The highest BCUT2D eigenvalue weighted by atomic mass is 16.5. The van der Waals surface area contributed by atoms with Gasteiger partial charge in [-0.05, 0) is 26.0 Å². The molecule has 0 fully saturated rings. The van der Waals surface area contributed by atoms with Crippen LogP contribution in [-0.2, 0) is 4.79 Å². The Kier molecular flexibility index (Phi) is 5.29. The van der Waals surface area contributed by atoms with Gasteiger partial charge in [0.2, 0.25) is 5.91 Å². The first kappa shape index (κ1) is 13.3. The number of amides is 1. The molecule has 94 valence electrons. The number of nitrogens with one attached hydrogen (secondary N) is 1. The second-order valence-corrected chi connectivity index (χ2v) is 3.28. The minimum Gasteiger partial charge on any atom is -0.494 e. The number of carbonyl (C=O) groups is 1. The van der Waals surface area contributed by atoms with Gasteiger partial charge in [-0.25, -0.2) is 0 Å². The van der Waals surface area contributed by atoms with E-state index < -0.39 is 0 Å². The Hall–Kier alpha value is -1.75. The Labute approximate surface area is 101 Å². The van der Waals surface area contributed by atoms with Crippen molar-refractivity contribution < 1.29 is 14.3 Å². The summed E-state index contributed by atoms with van der Waals surface area (Å²) in [5, 5.41) is 2.67. The van der Waals surface area contributed by atoms with Gasteiger partial charge in [0.05, 0.1) is 25.4 Å². The molecule has 0 bridgehead atoms. The van der Waals surface area contributed by atoms with E-state index in [1.807, 2.05) is 13.8 Å². The molecule has 0 saturated carbocycles. The summed E-state index contributed by atoms with van der Waals surface area (Å²) < 4.78 is 10.8. The normalized spacial score (nSPS) is 9.82. The van der Waals surface area contributed by atoms with Crippen molar-refractivity contribution in [2.24, 2.45) is 5.73 Å². The second kappa shape index (κ2) is 6.75. The molecule has 5 heteroatoms. The molecular formula is C12H18N2O3. The first-order valence-corrected chi connectivity index (χ1v) is 5.60. The number of rotatable bonds is 6. The van der Waals surface area contributed by atoms with Crippen molar-refractivity contribution in [3.8, 4) is 11.5 Å². The first-order chi connectivity index (χ1) is 8.21. The first-order valence-electron chi connectivity index (χ1n) is 5.60. The molecule has 0 atom stereocenters. The molecule has 0 aromatic heterocycles. The molecule has 5 nitrogen and oxygen atoms in total. The third kappa shape index (κ3) is 3.96. The molecule has 1 aromatic carbocycles. The van der Waals surface area contributed by atoms with Gasteiger partial charge in [-0.2, -0.15) is 0 Å². The van der Waals surface area contributed by atoms with Crippen LogP contribution in [0.3, 0.4) is 0 Å². The van der Waals surface area contributed by atoms with Crippen LogP contribution >= 0.6 is 0 Å². The van der Waals surface area contributed by atoms with E-state index in [9.17, 15) is 4.79 Å². The smallest absolute Gasteiger partial charge is 0.238 e. The molecule has 0 heterocycles. The maximum atomic E-state index is 11.3. The van der Waals surface area contributed by atoms with Gasteiger partial charge in [0.15, 0.2) is 0 Å². The zero-order chi connectivity index (χ0) is 12.7. The second-order valence-electron chi connectivity index (χ2n) is 3.28. The highest BCUT2D eigenvalue weighted by molar-refractivity contribution is 5.93. The number of hydrogen-bond acceptors (Lipinski definition) is 4. The van der Waals surface area contributed by atoms with Gasteiger partial charge in [-0.15, -0.1) is 0 Å². The lowest BCUT2D eigenvalue weighted by atomic mass is 10.2. The van der Waals surface area contributed by atoms with Crippen LogP contribution in [0.25, 0.3) is 0 Å². The Balaban J connectivity index is 2.93. The maximum absolute atomic E-state index is 11.3. The molecule has 17 heavy (non-hydrogen) atoms. The van der Waals surface area contributed by atoms with Crippen molar-refractivity contribution in [2.75, 3.05) is 25.1 Å². The number of nitrogens with two attached hydrogens (primary N) is 1. The lowest BCUT2D eigenvalue weighted by Gasteiger charge is -2.13. The largest absolute Gasteiger partial charge is 0.494 e. The van der Waals surface area contributed by atoms with Crippen molar-refractivity contribution in [1.82, 2.24) is 0 Å². The molecule has 1 rings (SSSR count). The fourth-order valence-electron chi connectivity index (χ4n) is 1.35. The molecule has 0 saturated heterocycles. The van der Waals surface area contributed by atoms with Gasteiger partial charge in [0, 0.05) is 6.07 Å². The molecule has 0 aliphatic heterocycles. The molecule has 0 radical (unpaired) electrons. The van der Waals surface area contributed by atoms with Gasteiger partial charge >= 0.3 is 0 Å². The van der Waals surface area contributed by atoms with Crippen LogP contribution in [0, 0.1) is 0 Å². The summed E-state index contributed by atoms with van der Waals surface area (Å²) in [5.41, 5.74) is 5.83. The van der Waals surface area contributed by atoms with Crippen molar-refractivity contribution in [3.63, 3.8) is 0 Å². The third-order valence-corrected chi connectivity index (χ3v) is 2.02. The topological polar surface area (TPSA) is 73.6 Å². The van der Waals surface area contributed by atoms with Gasteiger partial charge in [0.25, 0.3) is 0 Å². The van der Waals surface area contributed by atoms with Crippen LogP contribution in [0.4, 0.5) is 5.69 Å². The van der Waals surface area contributed by atoms with Crippen molar-refractivity contribution >= 4 is 11.6 Å². The van der Waals surface area contributed by atoms with Crippen molar-refractivity contribution in [2.45, 2.75) is 13.8 Å². The van der Waals surface area contributed by atoms with Crippen LogP contribution in [0.15, 0.2) is 18.2 Å². The predicted molar refractivity (Wildman–Crippen MR) is 66.5 cm³/mol. The number of anilines is 1. The highest BCUT2D eigenvalue weighted by Gasteiger charge is 2.08. The SMILES string of the molecule is CCOc1ccc(OCC)c(NC(=O)CN)c1. The van der Waals surface area contributed by atoms with Crippen LogP contribution in [0.2, 0.25) is 0 Å². The Morgan fingerprint density at radius 1 is 1.29 bits per heavy atom. The summed E-state index contributed by atoms with van der Waals surface area (Å²) in [7, 11) is 0. The fraction of sp³-hybridized carbons (Fsp3) is 0.417. The average molecular weight is 238 g/mol. The molecular weight excluding hydrogens is 220 g/mol. The Morgan fingerprint density at radius 2 is 2.00 bits per heavy atom. The van der Waals surface area contributed by atoms with Crippen LogP contribution in [0.1, 0.15) is 13.8 Å². The monoisotopic (exact) mass is 238 g/mol. The van der Waals surface area contributed by atoms with E-state index in [2.05, 4.69) is 5.32 Å². The van der Waals surface area contributed by atoms with Crippen molar-refractivity contribution in [3.05, 3.63) is 18.2 Å². The number of benzene rings is 1. The third-order valence-electron chi connectivity index (χ3n) is 2.02. The number of hydrogen-bond donors (Lipinski definition) is 2. The summed E-state index contributed by atoms with van der Waals surface area (Å²) in [6.45, 7) is 4.81. The van der Waals surface area contributed by atoms with E-state index in [4.69, 9.17) is 15.2 Å². The molecule has 0 aliphatic carbocycles. The van der Waals surface area contributed by atoms with Gasteiger partial charge in [-0.3, -0.25) is 4.79 Å². The lowest BCUT2D eigenvalue weighted by Crippen LogP contribution is -2.22. The quantitative estimate of drug-likeness (QED) is 0.785. The van der Waals surface area contributed by atoms with E-state index in [-0.39, 0.29) is 12.5 Å². The standard InChI is InChI=1S/C12H18N2O3/c1-3-16-9-5-6-11(17-4-2)10(7-9)14-12(15)8-13/h5-7H,3-4,8,13H2,1-2H3,(H,14,15). The van der Waals surface area contributed by atoms with E-state index in [0.29, 0.717) is 30.4 Å². The summed E-state index contributed by atoms with van der Waals surface area (Å²) >= 11 is 0. The Bertz CT molecular complexity index is 380. The molecule has 1 amide bonds. The fourth-order valence-corrected chi connectivity index (χ4v) is 1.35. The zero-order valence-electron chi connectivity index (χ0n) is 10.2. The van der Waals surface area contributed by atoms with E-state index >= 15 is 0 Å². The molecule has 0 aliphatic rings. The molecule has 3 N–H and O–H groups in total. The molecule has 0 unspecified atom stereocenters. The minimum atomic E-state index is -0.264. The Morgan fingerprint density at radius 3 is 2.59 bits per heavy atom. The number of ether oxygens (including phenoxy) is 2. The zero-order valence-corrected chi connectivity index (χ0v) is 10.2. The summed E-state index contributed by atoms with van der Waals surface area (Å²) in [6, 6.07) is 5.29. The van der Waals surface area contributed by atoms with Crippen LogP contribution < -0.4 is 20.5 Å². The molecule has 1 aromatic rings. The van der Waals surface area contributed by atoms with E-state index in [1.165, 1.54) is 0 Å². The predicted octanol–water partition coefficient (Wildman–Crippen LogP) is 1.38. The lowest BCUT2D eigenvalue weighted by molar-refractivity contribution is -0.114. The van der Waals surface area contributed by atoms with Crippen LogP contribution in [-0.4, -0.2) is 25.7 Å². The summed E-state index contributed by atoms with van der Waals surface area (Å²) in [4.78, 5) is 11.3. The van der Waals surface area contributed by atoms with E-state index in [1.54, 1.807) is 18.2 Å². The van der Waals surface area contributed by atoms with Gasteiger partial charge < -0.3 is 20.5 Å². The summed E-state index contributed by atoms with van der Waals surface area (Å²) in [5.74, 6) is 1.03. The van der Waals surface area contributed by atoms with Gasteiger partial charge in [0.1, 0.15) is 11.5 Å². The minimum absolute atomic E-state index is 0.0651. The average Bonchev–Trinajstić information content (AvgIpc) is 2.33. The van der Waals surface area contributed by atoms with E-state index in [0.717, 1.165) is 0 Å². The molecule has 0 spiro atoms. The maximum Gasteiger partial charge on any atom is 0.238 e. The number of carbonyl (C=O) groups excluding carboxylic acids is 1.